The van der Waals surface area contributed by atoms with Crippen LogP contribution in [0.1, 0.15) is 48.3 Å². The van der Waals surface area contributed by atoms with Crippen molar-refractivity contribution in [2.24, 2.45) is 10.6 Å². The van der Waals surface area contributed by atoms with E-state index in [-0.39, 0.29) is 12.0 Å². The summed E-state index contributed by atoms with van der Waals surface area (Å²) in [5.41, 5.74) is 2.75. The maximum atomic E-state index is 13.2. The SMILES string of the molecule is Cc1ccc(C2=NO[C@H](CC3(C(=O)NCc4ccc(C)o4)CCOCC3)C2)cc1. The van der Waals surface area contributed by atoms with Crippen molar-refractivity contribution in [3.63, 3.8) is 0 Å². The number of carbonyl (C=O) groups excluding carboxylic acids is 1. The van der Waals surface area contributed by atoms with Crippen LogP contribution >= 0.6 is 0 Å². The zero-order valence-corrected chi connectivity index (χ0v) is 17.1. The Labute approximate surface area is 171 Å². The topological polar surface area (TPSA) is 73.1 Å². The minimum Gasteiger partial charge on any atom is -0.465 e. The lowest BCUT2D eigenvalue weighted by Gasteiger charge is -2.36. The molecule has 154 valence electrons. The Balaban J connectivity index is 1.40. The van der Waals surface area contributed by atoms with Crippen LogP contribution in [0.4, 0.5) is 0 Å². The van der Waals surface area contributed by atoms with E-state index in [1.807, 2.05) is 19.1 Å². The van der Waals surface area contributed by atoms with Gasteiger partial charge in [0.05, 0.1) is 17.7 Å². The zero-order chi connectivity index (χ0) is 20.3. The Hall–Kier alpha value is -2.60. The number of carbonyl (C=O) groups is 1. The summed E-state index contributed by atoms with van der Waals surface area (Å²) in [6.45, 7) is 5.54. The van der Waals surface area contributed by atoms with Crippen LogP contribution in [0.15, 0.2) is 46.0 Å². The predicted octanol–water partition coefficient (Wildman–Crippen LogP) is 3.89. The van der Waals surface area contributed by atoms with Gasteiger partial charge in [-0.15, -0.1) is 0 Å². The third kappa shape index (κ3) is 4.53. The molecule has 2 aliphatic rings. The normalized spacial score (nSPS) is 20.8. The number of benzene rings is 1. The van der Waals surface area contributed by atoms with Gasteiger partial charge in [0.1, 0.15) is 17.6 Å². The van der Waals surface area contributed by atoms with E-state index in [4.69, 9.17) is 14.0 Å². The van der Waals surface area contributed by atoms with E-state index in [1.165, 1.54) is 5.56 Å². The fraction of sp³-hybridized carbons (Fsp3) is 0.478. The molecule has 1 N–H and O–H groups in total. The van der Waals surface area contributed by atoms with Crippen molar-refractivity contribution >= 4 is 11.6 Å². The van der Waals surface area contributed by atoms with Gasteiger partial charge in [-0.05, 0) is 44.4 Å². The van der Waals surface area contributed by atoms with E-state index >= 15 is 0 Å². The van der Waals surface area contributed by atoms with Gasteiger partial charge in [-0.1, -0.05) is 35.0 Å². The third-order valence-electron chi connectivity index (χ3n) is 5.89. The van der Waals surface area contributed by atoms with Gasteiger partial charge in [-0.2, -0.15) is 0 Å². The maximum Gasteiger partial charge on any atom is 0.226 e. The molecule has 0 unspecified atom stereocenters. The number of nitrogens with zero attached hydrogens (tertiary/aromatic N) is 1. The number of amides is 1. The highest BCUT2D eigenvalue weighted by Crippen LogP contribution is 2.38. The van der Waals surface area contributed by atoms with Crippen molar-refractivity contribution in [3.8, 4) is 0 Å². The first-order valence-electron chi connectivity index (χ1n) is 10.3. The number of aryl methyl sites for hydroxylation is 2. The molecule has 1 atom stereocenters. The quantitative estimate of drug-likeness (QED) is 0.804. The first kappa shape index (κ1) is 19.7. The molecular formula is C23H28N2O4. The van der Waals surface area contributed by atoms with E-state index in [0.717, 1.165) is 29.2 Å². The molecule has 0 saturated carbocycles. The molecule has 2 aromatic rings. The van der Waals surface area contributed by atoms with Crippen molar-refractivity contribution in [1.82, 2.24) is 5.32 Å². The van der Waals surface area contributed by atoms with Crippen molar-refractivity contribution in [2.45, 2.75) is 52.2 Å². The molecule has 2 aliphatic heterocycles. The molecule has 29 heavy (non-hydrogen) atoms. The van der Waals surface area contributed by atoms with E-state index in [2.05, 4.69) is 41.7 Å². The first-order chi connectivity index (χ1) is 14.0. The van der Waals surface area contributed by atoms with E-state index in [9.17, 15) is 4.79 Å². The minimum absolute atomic E-state index is 0.0437. The summed E-state index contributed by atoms with van der Waals surface area (Å²) in [7, 11) is 0. The van der Waals surface area contributed by atoms with Gasteiger partial charge in [0, 0.05) is 26.1 Å². The number of nitrogens with one attached hydrogen (secondary N) is 1. The van der Waals surface area contributed by atoms with Crippen LogP contribution in [-0.4, -0.2) is 30.9 Å². The van der Waals surface area contributed by atoms with E-state index in [0.29, 0.717) is 39.0 Å². The van der Waals surface area contributed by atoms with Crippen LogP contribution in [0.5, 0.6) is 0 Å². The van der Waals surface area contributed by atoms with Gasteiger partial charge >= 0.3 is 0 Å². The smallest absolute Gasteiger partial charge is 0.226 e. The number of rotatable bonds is 6. The fourth-order valence-corrected chi connectivity index (χ4v) is 4.11. The number of hydrogen-bond acceptors (Lipinski definition) is 5. The molecule has 1 aromatic carbocycles. The lowest BCUT2D eigenvalue weighted by atomic mass is 9.74. The number of hydrogen-bond donors (Lipinski definition) is 1. The Morgan fingerprint density at radius 2 is 1.90 bits per heavy atom. The molecule has 0 bridgehead atoms. The van der Waals surface area contributed by atoms with E-state index < -0.39 is 5.41 Å². The van der Waals surface area contributed by atoms with Crippen LogP contribution in [0.25, 0.3) is 0 Å². The lowest BCUT2D eigenvalue weighted by Crippen LogP contribution is -2.46. The highest BCUT2D eigenvalue weighted by atomic mass is 16.6. The molecule has 0 radical (unpaired) electrons. The summed E-state index contributed by atoms with van der Waals surface area (Å²) in [6.07, 6.45) is 2.64. The number of oxime groups is 1. The van der Waals surface area contributed by atoms with Gasteiger partial charge in [-0.3, -0.25) is 4.79 Å². The fourth-order valence-electron chi connectivity index (χ4n) is 4.11. The maximum absolute atomic E-state index is 13.2. The summed E-state index contributed by atoms with van der Waals surface area (Å²) in [5.74, 6) is 1.65. The van der Waals surface area contributed by atoms with Gasteiger partial charge in [0.15, 0.2) is 0 Å². The summed E-state index contributed by atoms with van der Waals surface area (Å²) in [5, 5.41) is 7.37. The summed E-state index contributed by atoms with van der Waals surface area (Å²) in [4.78, 5) is 18.9. The van der Waals surface area contributed by atoms with Crippen LogP contribution in [0.2, 0.25) is 0 Å². The zero-order valence-electron chi connectivity index (χ0n) is 17.1. The molecule has 1 fully saturated rings. The Morgan fingerprint density at radius 3 is 2.59 bits per heavy atom. The average molecular weight is 396 g/mol. The van der Waals surface area contributed by atoms with Crippen molar-refractivity contribution in [1.29, 1.82) is 0 Å². The monoisotopic (exact) mass is 396 g/mol. The van der Waals surface area contributed by atoms with Crippen molar-refractivity contribution in [3.05, 3.63) is 59.0 Å². The molecule has 1 aromatic heterocycles. The standard InChI is InChI=1S/C23H28N2O4/c1-16-3-6-18(7-4-16)21-13-20(29-25-21)14-23(9-11-27-12-10-23)22(26)24-15-19-8-5-17(2)28-19/h3-8,20H,9-15H2,1-2H3,(H,24,26)/t20-/m0/s1. The van der Waals surface area contributed by atoms with Crippen molar-refractivity contribution < 1.29 is 18.8 Å². The molecule has 0 aliphatic carbocycles. The largest absolute Gasteiger partial charge is 0.465 e. The van der Waals surface area contributed by atoms with Gasteiger partial charge < -0.3 is 19.3 Å². The van der Waals surface area contributed by atoms with E-state index in [1.54, 1.807) is 0 Å². The van der Waals surface area contributed by atoms with Gasteiger partial charge in [0.2, 0.25) is 5.91 Å². The second-order valence-corrected chi connectivity index (χ2v) is 8.13. The van der Waals surface area contributed by atoms with Crippen LogP contribution in [0.3, 0.4) is 0 Å². The van der Waals surface area contributed by atoms with Crippen LogP contribution < -0.4 is 5.32 Å². The second kappa shape index (κ2) is 8.41. The molecule has 1 saturated heterocycles. The van der Waals surface area contributed by atoms with Gasteiger partial charge in [-0.25, -0.2) is 0 Å². The molecule has 6 nitrogen and oxygen atoms in total. The Morgan fingerprint density at radius 1 is 1.14 bits per heavy atom. The Bertz CT molecular complexity index is 879. The number of furan rings is 1. The predicted molar refractivity (Wildman–Crippen MR) is 110 cm³/mol. The molecule has 4 rings (SSSR count). The van der Waals surface area contributed by atoms with Crippen LogP contribution in [-0.2, 0) is 20.9 Å². The molecule has 3 heterocycles. The molecule has 1 amide bonds. The van der Waals surface area contributed by atoms with Crippen LogP contribution in [0, 0.1) is 19.3 Å². The molecular weight excluding hydrogens is 368 g/mol. The minimum atomic E-state index is -0.497. The average Bonchev–Trinajstić information content (AvgIpc) is 3.36. The van der Waals surface area contributed by atoms with Crippen molar-refractivity contribution in [2.75, 3.05) is 13.2 Å². The summed E-state index contributed by atoms with van der Waals surface area (Å²) >= 11 is 0. The highest BCUT2D eigenvalue weighted by molar-refractivity contribution is 6.01. The Kier molecular flexibility index (Phi) is 5.72. The number of ether oxygens (including phenoxy) is 1. The molecule has 0 spiro atoms. The highest BCUT2D eigenvalue weighted by Gasteiger charge is 2.43. The third-order valence-corrected chi connectivity index (χ3v) is 5.89. The lowest BCUT2D eigenvalue weighted by molar-refractivity contribution is -0.140. The second-order valence-electron chi connectivity index (χ2n) is 8.13. The van der Waals surface area contributed by atoms with Gasteiger partial charge in [0.25, 0.3) is 0 Å². The summed E-state index contributed by atoms with van der Waals surface area (Å²) in [6, 6.07) is 12.1. The molecule has 6 heteroatoms. The first-order valence-corrected chi connectivity index (χ1v) is 10.3. The summed E-state index contributed by atoms with van der Waals surface area (Å²) < 4.78 is 11.1.